The quantitative estimate of drug-likeness (QED) is 0.353. The third-order valence-corrected chi connectivity index (χ3v) is 5.41. The monoisotopic (exact) mass is 538 g/mol. The number of halogens is 2. The second-order valence-electron chi connectivity index (χ2n) is 7.66. The lowest BCUT2D eigenvalue weighted by Gasteiger charge is -2.29. The van der Waals surface area contributed by atoms with E-state index in [2.05, 4.69) is 39.9 Å². The van der Waals surface area contributed by atoms with E-state index in [0.29, 0.717) is 22.7 Å². The first-order valence-electron chi connectivity index (χ1n) is 10.3. The highest BCUT2D eigenvalue weighted by Gasteiger charge is 2.23. The maximum absolute atomic E-state index is 13.3. The molecule has 1 aliphatic heterocycles. The minimum absolute atomic E-state index is 0.113. The zero-order valence-electron chi connectivity index (χ0n) is 18.1. The molecule has 0 atom stereocenters. The van der Waals surface area contributed by atoms with Crippen LogP contribution in [0.3, 0.4) is 0 Å². The Bertz CT molecular complexity index is 1030. The maximum atomic E-state index is 13.3. The van der Waals surface area contributed by atoms with E-state index in [1.54, 1.807) is 25.1 Å². The van der Waals surface area contributed by atoms with E-state index in [1.165, 1.54) is 12.1 Å². The molecule has 1 aliphatic rings. The highest BCUT2D eigenvalue weighted by Crippen LogP contribution is 2.30. The van der Waals surface area contributed by atoms with E-state index in [9.17, 15) is 9.18 Å². The van der Waals surface area contributed by atoms with E-state index >= 15 is 0 Å². The molecule has 1 amide bonds. The summed E-state index contributed by atoms with van der Waals surface area (Å²) in [5, 5.41) is 3.88. The molecule has 2 heterocycles. The van der Waals surface area contributed by atoms with Gasteiger partial charge in [0, 0.05) is 11.4 Å². The van der Waals surface area contributed by atoms with Crippen LogP contribution in [0.2, 0.25) is 0 Å². The maximum Gasteiger partial charge on any atom is 0.255 e. The van der Waals surface area contributed by atoms with Gasteiger partial charge in [-0.3, -0.25) is 4.79 Å². The summed E-state index contributed by atoms with van der Waals surface area (Å²) in [5.74, 6) is 0.793. The lowest BCUT2D eigenvalue weighted by atomic mass is 10.0. The van der Waals surface area contributed by atoms with Crippen LogP contribution in [-0.2, 0) is 6.61 Å². The van der Waals surface area contributed by atoms with Gasteiger partial charge in [-0.25, -0.2) is 4.39 Å². The van der Waals surface area contributed by atoms with Gasteiger partial charge in [0.05, 0.1) is 5.56 Å². The number of alkyl halides is 1. The van der Waals surface area contributed by atoms with Gasteiger partial charge in [-0.05, 0) is 80.7 Å². The Balaban J connectivity index is 0.00000132. The number of hydrogen-bond donors (Lipinski definition) is 1. The number of ether oxygens (including phenoxy) is 1. The zero-order chi connectivity index (χ0) is 22.4. The number of rotatable bonds is 5. The highest BCUT2D eigenvalue weighted by molar-refractivity contribution is 14.1. The molecular formula is C24H28FIN2O3. The number of nitrogens with one attached hydrogen (secondary N) is 1. The second-order valence-corrected chi connectivity index (χ2v) is 7.66. The van der Waals surface area contributed by atoms with Crippen molar-refractivity contribution in [3.8, 4) is 5.75 Å². The van der Waals surface area contributed by atoms with E-state index in [1.807, 2.05) is 17.1 Å². The third kappa shape index (κ3) is 5.98. The van der Waals surface area contributed by atoms with Crippen molar-refractivity contribution in [1.29, 1.82) is 0 Å². The number of piperidine rings is 1. The van der Waals surface area contributed by atoms with Crippen molar-refractivity contribution in [3.63, 3.8) is 0 Å². The van der Waals surface area contributed by atoms with Crippen LogP contribution >= 0.6 is 22.6 Å². The highest BCUT2D eigenvalue weighted by atomic mass is 127. The molecule has 4 rings (SSSR count). The molecule has 166 valence electrons. The Morgan fingerprint density at radius 2 is 1.97 bits per heavy atom. The van der Waals surface area contributed by atoms with Gasteiger partial charge in [-0.1, -0.05) is 34.7 Å². The molecule has 0 aliphatic carbocycles. The molecule has 0 unspecified atom stereocenters. The van der Waals surface area contributed by atoms with Crippen LogP contribution in [0.15, 0.2) is 46.9 Å². The smallest absolute Gasteiger partial charge is 0.255 e. The summed E-state index contributed by atoms with van der Waals surface area (Å²) in [6.07, 6.45) is 1.89. The van der Waals surface area contributed by atoms with Crippen molar-refractivity contribution in [3.05, 3.63) is 65.2 Å². The van der Waals surface area contributed by atoms with Crippen molar-refractivity contribution in [2.45, 2.75) is 32.4 Å². The fourth-order valence-corrected chi connectivity index (χ4v) is 3.77. The van der Waals surface area contributed by atoms with Gasteiger partial charge in [-0.15, -0.1) is 0 Å². The normalized spacial score (nSPS) is 14.7. The van der Waals surface area contributed by atoms with Crippen LogP contribution in [0, 0.1) is 12.7 Å². The van der Waals surface area contributed by atoms with Crippen LogP contribution in [-0.4, -0.2) is 41.9 Å². The van der Waals surface area contributed by atoms with E-state index in [4.69, 9.17) is 9.15 Å². The zero-order valence-corrected chi connectivity index (χ0v) is 20.2. The molecule has 0 bridgehead atoms. The van der Waals surface area contributed by atoms with Gasteiger partial charge in [0.15, 0.2) is 0 Å². The van der Waals surface area contributed by atoms with Crippen molar-refractivity contribution < 1.29 is 18.3 Å². The SMILES string of the molecule is CI.Cc1oc2ccc(OCc3cccc(F)c3)cc2c1C(=O)NC1CCN(C)CC1. The van der Waals surface area contributed by atoms with Crippen molar-refractivity contribution in [1.82, 2.24) is 10.2 Å². The lowest BCUT2D eigenvalue weighted by Crippen LogP contribution is -2.43. The number of furan rings is 1. The van der Waals surface area contributed by atoms with Gasteiger partial charge in [0.25, 0.3) is 5.91 Å². The summed E-state index contributed by atoms with van der Waals surface area (Å²) in [6, 6.07) is 11.9. The fraction of sp³-hybridized carbons (Fsp3) is 0.375. The average Bonchev–Trinajstić information content (AvgIpc) is 3.10. The number of aryl methyl sites for hydroxylation is 1. The Labute approximate surface area is 196 Å². The standard InChI is InChI=1S/C23H25FN2O3.CH3I/c1-15-22(23(27)25-18-8-10-26(2)11-9-18)20-13-19(6-7-21(20)29-15)28-14-16-4-3-5-17(24)12-16;1-2/h3-7,12-13,18H,8-11,14H2,1-2H3,(H,25,27);1H3. The number of carbonyl (C=O) groups excluding carboxylic acids is 1. The molecule has 7 heteroatoms. The summed E-state index contributed by atoms with van der Waals surface area (Å²) in [5.41, 5.74) is 1.94. The molecule has 31 heavy (non-hydrogen) atoms. The number of benzene rings is 2. The van der Waals surface area contributed by atoms with Gasteiger partial charge in [-0.2, -0.15) is 0 Å². The molecule has 1 fully saturated rings. The minimum Gasteiger partial charge on any atom is -0.489 e. The van der Waals surface area contributed by atoms with E-state index in [0.717, 1.165) is 36.9 Å². The first kappa shape index (κ1) is 23.5. The molecule has 0 radical (unpaired) electrons. The van der Waals surface area contributed by atoms with Gasteiger partial charge in [0.2, 0.25) is 0 Å². The number of fused-ring (bicyclic) bond motifs is 1. The van der Waals surface area contributed by atoms with Crippen LogP contribution in [0.4, 0.5) is 4.39 Å². The topological polar surface area (TPSA) is 54.7 Å². The Kier molecular flexibility index (Phi) is 8.31. The molecule has 1 aromatic heterocycles. The first-order chi connectivity index (χ1) is 15.0. The Morgan fingerprint density at radius 3 is 2.68 bits per heavy atom. The largest absolute Gasteiger partial charge is 0.489 e. The average molecular weight is 538 g/mol. The Morgan fingerprint density at radius 1 is 1.23 bits per heavy atom. The molecule has 0 spiro atoms. The summed E-state index contributed by atoms with van der Waals surface area (Å²) >= 11 is 2.15. The van der Waals surface area contributed by atoms with Crippen LogP contribution < -0.4 is 10.1 Å². The second kappa shape index (κ2) is 10.9. The number of likely N-dealkylation sites (tertiary alicyclic amines) is 1. The van der Waals surface area contributed by atoms with Crippen LogP contribution in [0.1, 0.15) is 34.5 Å². The number of amides is 1. The summed E-state index contributed by atoms with van der Waals surface area (Å²) in [7, 11) is 2.09. The fourth-order valence-electron chi connectivity index (χ4n) is 3.77. The molecule has 2 aromatic carbocycles. The van der Waals surface area contributed by atoms with Crippen LogP contribution in [0.25, 0.3) is 11.0 Å². The van der Waals surface area contributed by atoms with Gasteiger partial charge in [0.1, 0.15) is 29.5 Å². The number of nitrogens with zero attached hydrogens (tertiary/aromatic N) is 1. The third-order valence-electron chi connectivity index (χ3n) is 5.41. The van der Waals surface area contributed by atoms with E-state index < -0.39 is 0 Å². The predicted molar refractivity (Wildman–Crippen MR) is 130 cm³/mol. The van der Waals surface area contributed by atoms with Gasteiger partial charge < -0.3 is 19.4 Å². The lowest BCUT2D eigenvalue weighted by molar-refractivity contribution is 0.0917. The summed E-state index contributed by atoms with van der Waals surface area (Å²) in [6.45, 7) is 4.01. The minimum atomic E-state index is -0.292. The molecular weight excluding hydrogens is 510 g/mol. The predicted octanol–water partition coefficient (Wildman–Crippen LogP) is 5.33. The molecule has 1 N–H and O–H groups in total. The van der Waals surface area contributed by atoms with Gasteiger partial charge >= 0.3 is 0 Å². The number of hydrogen-bond acceptors (Lipinski definition) is 4. The number of carbonyl (C=O) groups is 1. The Hall–Kier alpha value is -2.13. The van der Waals surface area contributed by atoms with Crippen molar-refractivity contribution in [2.24, 2.45) is 0 Å². The molecule has 0 saturated carbocycles. The molecule has 3 aromatic rings. The summed E-state index contributed by atoms with van der Waals surface area (Å²) in [4.78, 5) is 17.2. The van der Waals surface area contributed by atoms with Crippen molar-refractivity contribution in [2.75, 3.05) is 25.1 Å². The molecule has 5 nitrogen and oxygen atoms in total. The molecule has 1 saturated heterocycles. The van der Waals surface area contributed by atoms with E-state index in [-0.39, 0.29) is 24.4 Å². The van der Waals surface area contributed by atoms with Crippen molar-refractivity contribution >= 4 is 39.5 Å². The summed E-state index contributed by atoms with van der Waals surface area (Å²) < 4.78 is 24.9. The van der Waals surface area contributed by atoms with Crippen LogP contribution in [0.5, 0.6) is 5.75 Å². The first-order valence-corrected chi connectivity index (χ1v) is 12.4.